The summed E-state index contributed by atoms with van der Waals surface area (Å²) in [7, 11) is -6.44. The second-order valence-electron chi connectivity index (χ2n) is 38.0. The Morgan fingerprint density at radius 2 is 0.973 bits per heavy atom. The number of anilines is 4. The van der Waals surface area contributed by atoms with Crippen LogP contribution >= 0.6 is 40.7 Å². The van der Waals surface area contributed by atoms with Gasteiger partial charge >= 0.3 is 20.9 Å². The van der Waals surface area contributed by atoms with Crippen LogP contribution in [0.15, 0.2) is 169 Å². The number of nitriles is 2. The second-order valence-corrected chi connectivity index (χ2v) is 48.1. The number of rotatable bonds is 35. The molecule has 18 atom stereocenters. The Bertz CT molecular complexity index is 6760. The van der Waals surface area contributed by atoms with Crippen molar-refractivity contribution in [3.8, 4) is 12.1 Å². The summed E-state index contributed by atoms with van der Waals surface area (Å²) in [5, 5.41) is 55.6. The number of benzene rings is 2. The fourth-order valence-corrected chi connectivity index (χ4v) is 24.6. The number of aromatic nitrogens is 18. The molecular formula is C97H121N25O23P2S2Si. The van der Waals surface area contributed by atoms with Crippen LogP contribution in [0.25, 0.3) is 44.7 Å². The molecule has 150 heavy (non-hydrogen) atoms. The first-order valence-corrected chi connectivity index (χ1v) is 55.5. The van der Waals surface area contributed by atoms with E-state index < -0.39 is 137 Å². The van der Waals surface area contributed by atoms with Crippen LogP contribution in [0, 0.1) is 40.4 Å². The molecule has 2 unspecified atom stereocenters. The van der Waals surface area contributed by atoms with Gasteiger partial charge in [-0.1, -0.05) is 118 Å². The minimum atomic E-state index is -2.69. The number of ether oxygens (including phenoxy) is 6. The highest BCUT2D eigenvalue weighted by molar-refractivity contribution is 8.00. The van der Waals surface area contributed by atoms with E-state index in [-0.39, 0.29) is 144 Å². The summed E-state index contributed by atoms with van der Waals surface area (Å²) in [4.78, 5) is 156. The number of aliphatic hydroxyl groups excluding tert-OH is 1. The van der Waals surface area contributed by atoms with Crippen LogP contribution < -0.4 is 32.4 Å². The molecule has 0 radical (unpaired) electrons. The van der Waals surface area contributed by atoms with Crippen molar-refractivity contribution in [2.24, 2.45) is 17.8 Å². The lowest BCUT2D eigenvalue weighted by Gasteiger charge is -2.40. The van der Waals surface area contributed by atoms with E-state index in [1.165, 1.54) is 48.8 Å². The molecule has 53 heteroatoms. The zero-order valence-electron chi connectivity index (χ0n) is 85.2. The molecule has 0 spiro atoms. The first-order valence-electron chi connectivity index (χ1n) is 48.5. The lowest BCUT2D eigenvalue weighted by atomic mass is 9.96. The number of carboxylic acid groups (broad SMARTS) is 2. The molecule has 4 bridgehead atoms. The quantitative estimate of drug-likeness (QED) is 0.00771. The topological polar surface area (TPSA) is 613 Å². The number of fused-ring (bicyclic) bond motifs is 8. The zero-order chi connectivity index (χ0) is 108. The van der Waals surface area contributed by atoms with Crippen molar-refractivity contribution < 1.29 is 99.6 Å². The molecule has 12 aromatic rings. The van der Waals surface area contributed by atoms with Gasteiger partial charge in [0, 0.05) is 71.0 Å². The third-order valence-corrected chi connectivity index (χ3v) is 36.7. The molecular weight excluding hydrogens is 2040 g/mol. The molecule has 798 valence electrons. The van der Waals surface area contributed by atoms with Crippen LogP contribution in [0.5, 0.6) is 0 Å². The van der Waals surface area contributed by atoms with E-state index >= 15 is 0 Å². The minimum absolute atomic E-state index is 0.0246. The summed E-state index contributed by atoms with van der Waals surface area (Å²) in [6.45, 7) is 31.8. The SMILES string of the molecule is CC(C)C(=O)Nc1nc2c(ncn2[C@@H]2S[C@H](CO)[C@@H](C)[C@H]2OC(=O)O)c(=O)[nH]1.CC[C@@]12CO[C@@H]([C@H](n3cnc4c(NC(=O)c5ccccc5)ncnc43)O1)[C@@H]2OP(OCCC#N)N(C(C)C)C(C)C.CC[C@@]12CO[C@@H]([C@H](n3cnc4c(NC(=O)c5ccccc5)ncnc43)O1)[C@@H]2OP(OCCC#N)OC[C@H]1S[C@@H](n2cnc3c(=O)[nH]c(NC(=O)C(C)C)nc32)[C@H](OC(=O)O)[C@@H]1O[Si](C)(C)C(C)(C)C.c1ccncc1.c1ccncc1. The third-order valence-electron chi connectivity index (χ3n) is 25.7. The van der Waals surface area contributed by atoms with Gasteiger partial charge < -0.3 is 81.4 Å². The van der Waals surface area contributed by atoms with Crippen molar-refractivity contribution in [2.45, 2.75) is 240 Å². The van der Waals surface area contributed by atoms with E-state index in [1.807, 2.05) is 73.1 Å². The maximum absolute atomic E-state index is 13.2. The van der Waals surface area contributed by atoms with E-state index in [2.05, 4.69) is 163 Å². The van der Waals surface area contributed by atoms with Crippen molar-refractivity contribution in [2.75, 3.05) is 60.9 Å². The Morgan fingerprint density at radius 3 is 1.38 bits per heavy atom. The maximum atomic E-state index is 13.2. The van der Waals surface area contributed by atoms with Gasteiger partial charge in [0.1, 0.15) is 65.1 Å². The summed E-state index contributed by atoms with van der Waals surface area (Å²) >= 11 is 2.59. The number of H-pyrrole nitrogens is 2. The molecule has 4 amide bonds. The number of nitrogens with one attached hydrogen (secondary N) is 6. The highest BCUT2D eigenvalue weighted by Gasteiger charge is 2.66. The summed E-state index contributed by atoms with van der Waals surface area (Å²) in [6, 6.07) is 33.6. The highest BCUT2D eigenvalue weighted by atomic mass is 32.2. The summed E-state index contributed by atoms with van der Waals surface area (Å²) in [6.07, 6.45) is 7.55. The van der Waals surface area contributed by atoms with Gasteiger partial charge in [-0.05, 0) is 107 Å². The third kappa shape index (κ3) is 26.0. The van der Waals surface area contributed by atoms with E-state index in [4.69, 9.17) is 65.8 Å². The first kappa shape index (κ1) is 113. The predicted octanol–water partition coefficient (Wildman–Crippen LogP) is 14.5. The number of carbonyl (C=O) groups excluding carboxylic acids is 4. The van der Waals surface area contributed by atoms with Gasteiger partial charge in [0.2, 0.25) is 23.7 Å². The fourth-order valence-electron chi connectivity index (χ4n) is 16.9. The molecule has 48 nitrogen and oxygen atoms in total. The molecule has 6 aliphatic heterocycles. The van der Waals surface area contributed by atoms with E-state index in [0.29, 0.717) is 58.7 Å². The van der Waals surface area contributed by atoms with Crippen LogP contribution in [0.4, 0.5) is 33.1 Å². The van der Waals surface area contributed by atoms with E-state index in [1.54, 1.807) is 134 Å². The number of pyridine rings is 2. The molecule has 10 aromatic heterocycles. The maximum Gasteiger partial charge on any atom is 0.506 e. The zero-order valence-corrected chi connectivity index (χ0v) is 89.6. The monoisotopic (exact) mass is 2160 g/mol. The van der Waals surface area contributed by atoms with Crippen molar-refractivity contribution in [1.82, 2.24) is 92.7 Å². The van der Waals surface area contributed by atoms with Crippen molar-refractivity contribution in [3.63, 3.8) is 0 Å². The summed E-state index contributed by atoms with van der Waals surface area (Å²) in [5.41, 5.74) is 0.0728. The molecule has 6 aliphatic rings. The van der Waals surface area contributed by atoms with Gasteiger partial charge in [0.15, 0.2) is 83.2 Å². The highest BCUT2D eigenvalue weighted by Crippen LogP contribution is 2.59. The number of aromatic amines is 2. The van der Waals surface area contributed by atoms with Crippen LogP contribution in [0.3, 0.4) is 0 Å². The number of hydrogen-bond acceptors (Lipinski definition) is 38. The van der Waals surface area contributed by atoms with Crippen LogP contribution in [-0.4, -0.2) is 268 Å². The first-order chi connectivity index (χ1) is 71.9. The number of nitrogens with zero attached hydrogens (tertiary/aromatic N) is 19. The normalized spacial score (nSPS) is 23.4. The standard InChI is InChI=1S/C43H54N11O12PSSi.C28H36N7O5P.C16H21N5O6S.2C5H5N/c1-9-43-19-60-30(38(64-43)53-21-47-26-32(45-20-46-33(26)53)49-36(56)24-14-11-10-12-15-24)31(43)65-67(61-17-13-16-44)62-18-25-28(66-69(7,8)42(4,5)6)29(63-41(58)59)39(68-25)54-22-48-27-34(54)50-40(52-37(27)57)51-35(55)23(2)3;1-6-28-15-37-22(23(28)40-41(38-14-10-13-29)35(18(2)3)19(4)5)27(39-28)34-17-32-21-24(30-16-31-25(21)34)33-26(36)20-11-8-7-9-12-20;1-6(2)12(23)19-15-18-11-9(13(24)20-15)17-5-21(11)14-10(27-16(25)26)7(3)8(4-22)28-14;2*1-2-4-6-5-3-1/h10-12,14-15,20-23,25,28-31,38-39H,9,13,17-19H2,1-8H3,(H,58,59)(H,45,46,49,56)(H2,50,51,52,55,57);7-9,11-12,16-19,22-23,27H,6,10,14-15H2,1-5H3,(H,30,31,33,36);5-8,10,14,22H,4H2,1-3H3,(H,25,26)(H2,18,19,20,23,24);2*1-5H/t25-,28-,29-,30-,31+,38-,39-,43+,67?;22-,23+,27-,28+,41?;7-,8-,10-,14-;;/m111../s1. The molecule has 0 saturated carbocycles. The molecule has 9 N–H and O–H groups in total. The predicted molar refractivity (Wildman–Crippen MR) is 556 cm³/mol. The molecule has 18 rings (SSSR count). The number of amides is 4. The molecule has 6 fully saturated rings. The average Bonchev–Trinajstić information content (AvgIpc) is 1.56. The second kappa shape index (κ2) is 50.4. The number of aliphatic hydroxyl groups is 1. The molecule has 0 aliphatic carbocycles. The van der Waals surface area contributed by atoms with Crippen molar-refractivity contribution in [3.05, 3.63) is 192 Å². The number of imidazole rings is 4. The Labute approximate surface area is 873 Å². The largest absolute Gasteiger partial charge is 0.506 e. The van der Waals surface area contributed by atoms with Crippen molar-refractivity contribution in [1.29, 1.82) is 10.5 Å². The van der Waals surface area contributed by atoms with Gasteiger partial charge in [-0.3, -0.25) is 77.6 Å². The average molecular weight is 2160 g/mol. The van der Waals surface area contributed by atoms with Gasteiger partial charge in [0.25, 0.3) is 31.5 Å². The van der Waals surface area contributed by atoms with Gasteiger partial charge in [0.05, 0.1) is 101 Å². The van der Waals surface area contributed by atoms with Crippen LogP contribution in [-0.2, 0) is 65.1 Å². The smallest absolute Gasteiger partial charge is 0.450 e. The molecule has 16 heterocycles. The minimum Gasteiger partial charge on any atom is -0.450 e. The Morgan fingerprint density at radius 1 is 0.553 bits per heavy atom. The Kier molecular flexibility index (Phi) is 38.0. The number of hydrogen-bond donors (Lipinski definition) is 9. The number of thioether (sulfide) groups is 2. The van der Waals surface area contributed by atoms with Gasteiger partial charge in [-0.2, -0.15) is 20.5 Å². The fraction of sp³-hybridized carbons (Fsp3) is 0.485. The summed E-state index contributed by atoms with van der Waals surface area (Å²) in [5.74, 6) is -1.95. The molecule has 6 saturated heterocycles. The Hall–Kier alpha value is -12.8. The molecule has 2 aromatic carbocycles. The lowest BCUT2D eigenvalue weighted by Crippen LogP contribution is -2.50. The van der Waals surface area contributed by atoms with Gasteiger partial charge in [-0.15, -0.1) is 23.5 Å². The van der Waals surface area contributed by atoms with Crippen molar-refractivity contribution >= 4 is 153 Å². The van der Waals surface area contributed by atoms with E-state index in [9.17, 15) is 53.8 Å². The van der Waals surface area contributed by atoms with Gasteiger partial charge in [-0.25, -0.2) is 54.1 Å². The Balaban J connectivity index is 0.000000183. The summed E-state index contributed by atoms with van der Waals surface area (Å²) < 4.78 is 85.1. The van der Waals surface area contributed by atoms with Crippen LogP contribution in [0.1, 0.15) is 167 Å². The lowest BCUT2D eigenvalue weighted by molar-refractivity contribution is -0.173. The van der Waals surface area contributed by atoms with E-state index in [0.717, 1.165) is 0 Å². The number of carbonyl (C=O) groups is 6. The van der Waals surface area contributed by atoms with Crippen LogP contribution in [0.2, 0.25) is 18.1 Å².